The molecule has 5 heterocycles. The smallest absolute Gasteiger partial charge is 0.178 e. The highest BCUT2D eigenvalue weighted by Crippen LogP contribution is 2.35. The van der Waals surface area contributed by atoms with E-state index < -0.39 is 0 Å². The molecule has 0 aliphatic heterocycles. The van der Waals surface area contributed by atoms with Crippen molar-refractivity contribution in [1.82, 2.24) is 34.5 Å². The molecular formula is C56H35N7. The van der Waals surface area contributed by atoms with Crippen molar-refractivity contribution >= 4 is 43.6 Å². The molecule has 294 valence electrons. The van der Waals surface area contributed by atoms with Gasteiger partial charge in [0.25, 0.3) is 0 Å². The van der Waals surface area contributed by atoms with Crippen molar-refractivity contribution in [2.45, 2.75) is 0 Å². The number of rotatable bonds is 7. The van der Waals surface area contributed by atoms with E-state index in [4.69, 9.17) is 19.9 Å². The lowest BCUT2D eigenvalue weighted by Gasteiger charge is -2.12. The van der Waals surface area contributed by atoms with Crippen molar-refractivity contribution in [3.63, 3.8) is 0 Å². The molecule has 12 aromatic rings. The first-order chi connectivity index (χ1) is 31.2. The Labute approximate surface area is 362 Å². The molecule has 0 N–H and O–H groups in total. The summed E-state index contributed by atoms with van der Waals surface area (Å²) in [5.41, 5.74) is 14.8. The van der Waals surface area contributed by atoms with Crippen LogP contribution in [0.4, 0.5) is 0 Å². The standard InChI is InChI=1S/C56H35N7/c1-2-9-41(10-3-1)55-61-51(35-52(62-55)40-23-27-44(28-24-40)63-53-13-6-4-11-45(53)46-12-5-7-14-54(46)63)37-17-15-36(16-18-37)47-29-25-38-19-21-42(33-49(38)59-47)43-22-20-39-26-30-48(60-50(39)34-43)56-57-31-8-32-58-56/h1-35H. The molecule has 0 saturated carbocycles. The number of fused-ring (bicyclic) bond motifs is 5. The predicted molar refractivity (Wildman–Crippen MR) is 255 cm³/mol. The second kappa shape index (κ2) is 15.1. The second-order valence-electron chi connectivity index (χ2n) is 15.6. The minimum Gasteiger partial charge on any atom is -0.309 e. The van der Waals surface area contributed by atoms with E-state index in [1.165, 1.54) is 21.8 Å². The Kier molecular flexibility index (Phi) is 8.67. The molecule has 0 aliphatic rings. The topological polar surface area (TPSA) is 82.3 Å². The van der Waals surface area contributed by atoms with Crippen molar-refractivity contribution in [1.29, 1.82) is 0 Å². The van der Waals surface area contributed by atoms with E-state index in [1.807, 2.05) is 30.3 Å². The van der Waals surface area contributed by atoms with Crippen LogP contribution in [0, 0.1) is 0 Å². The van der Waals surface area contributed by atoms with Crippen molar-refractivity contribution < 1.29 is 0 Å². The van der Waals surface area contributed by atoms with Gasteiger partial charge in [0.1, 0.15) is 5.69 Å². The highest BCUT2D eigenvalue weighted by atomic mass is 15.0. The van der Waals surface area contributed by atoms with E-state index in [9.17, 15) is 0 Å². The van der Waals surface area contributed by atoms with Crippen molar-refractivity contribution in [2.24, 2.45) is 0 Å². The minimum absolute atomic E-state index is 0.608. The summed E-state index contributed by atoms with van der Waals surface area (Å²) in [4.78, 5) is 29.0. The van der Waals surface area contributed by atoms with Gasteiger partial charge in [-0.25, -0.2) is 29.9 Å². The molecule has 7 heteroatoms. The molecule has 0 bridgehead atoms. The van der Waals surface area contributed by atoms with Gasteiger partial charge in [0.2, 0.25) is 0 Å². The Hall–Kier alpha value is -8.68. The van der Waals surface area contributed by atoms with Gasteiger partial charge in [0, 0.05) is 61.9 Å². The Morgan fingerprint density at radius 3 is 1.38 bits per heavy atom. The number of nitrogens with zero attached hydrogens (tertiary/aromatic N) is 7. The first kappa shape index (κ1) is 36.2. The van der Waals surface area contributed by atoms with Gasteiger partial charge in [0.05, 0.1) is 39.1 Å². The van der Waals surface area contributed by atoms with Crippen LogP contribution in [0.5, 0.6) is 0 Å². The maximum Gasteiger partial charge on any atom is 0.178 e. The molecule has 63 heavy (non-hydrogen) atoms. The van der Waals surface area contributed by atoms with Crippen molar-refractivity contribution in [3.8, 4) is 73.5 Å². The fourth-order valence-corrected chi connectivity index (χ4v) is 8.56. The first-order valence-electron chi connectivity index (χ1n) is 20.9. The fourth-order valence-electron chi connectivity index (χ4n) is 8.56. The maximum absolute atomic E-state index is 5.16. The maximum atomic E-state index is 5.16. The van der Waals surface area contributed by atoms with E-state index in [1.54, 1.807) is 12.4 Å². The van der Waals surface area contributed by atoms with E-state index >= 15 is 0 Å². The van der Waals surface area contributed by atoms with E-state index in [0.717, 1.165) is 83.6 Å². The van der Waals surface area contributed by atoms with Gasteiger partial charge in [-0.05, 0) is 71.8 Å². The van der Waals surface area contributed by atoms with Crippen molar-refractivity contribution in [3.05, 3.63) is 213 Å². The normalized spacial score (nSPS) is 11.5. The SMILES string of the molecule is c1ccc(-c2nc(-c3ccc(-c4ccc5ccc(-c6ccc7ccc(-c8ncccn8)nc7c6)cc5n4)cc3)cc(-c3ccc(-n4c5ccccc5c5ccccc54)cc3)n2)cc1. The lowest BCUT2D eigenvalue weighted by atomic mass is 10.0. The monoisotopic (exact) mass is 805 g/mol. The van der Waals surface area contributed by atoms with Gasteiger partial charge < -0.3 is 4.57 Å². The Balaban J connectivity index is 0.866. The average molecular weight is 806 g/mol. The molecule has 5 aromatic heterocycles. The quantitative estimate of drug-likeness (QED) is 0.160. The van der Waals surface area contributed by atoms with Crippen LogP contribution in [0.15, 0.2) is 213 Å². The van der Waals surface area contributed by atoms with Crippen LogP contribution in [0.2, 0.25) is 0 Å². The zero-order valence-corrected chi connectivity index (χ0v) is 33.8. The van der Waals surface area contributed by atoms with Crippen LogP contribution < -0.4 is 0 Å². The molecule has 7 aromatic carbocycles. The molecule has 12 rings (SSSR count). The molecule has 0 saturated heterocycles. The summed E-state index contributed by atoms with van der Waals surface area (Å²) in [5.74, 6) is 1.29. The average Bonchev–Trinajstić information content (AvgIpc) is 3.70. The number of pyridine rings is 2. The van der Waals surface area contributed by atoms with Crippen LogP contribution in [-0.2, 0) is 0 Å². The second-order valence-corrected chi connectivity index (χ2v) is 15.6. The summed E-state index contributed by atoms with van der Waals surface area (Å²) in [6.45, 7) is 0. The summed E-state index contributed by atoms with van der Waals surface area (Å²) >= 11 is 0. The third kappa shape index (κ3) is 6.65. The molecule has 0 fully saturated rings. The first-order valence-corrected chi connectivity index (χ1v) is 20.9. The number of hydrogen-bond donors (Lipinski definition) is 0. The zero-order valence-electron chi connectivity index (χ0n) is 33.8. The van der Waals surface area contributed by atoms with Crippen molar-refractivity contribution in [2.75, 3.05) is 0 Å². The molecule has 0 amide bonds. The van der Waals surface area contributed by atoms with Crippen LogP contribution in [-0.4, -0.2) is 34.5 Å². The third-order valence-corrected chi connectivity index (χ3v) is 11.7. The van der Waals surface area contributed by atoms with Gasteiger partial charge in [-0.1, -0.05) is 140 Å². The molecule has 0 unspecified atom stereocenters. The Bertz CT molecular complexity index is 3610. The molecule has 0 aliphatic carbocycles. The summed E-state index contributed by atoms with van der Waals surface area (Å²) in [5, 5.41) is 4.62. The number of benzene rings is 7. The lowest BCUT2D eigenvalue weighted by Crippen LogP contribution is -1.97. The van der Waals surface area contributed by atoms with E-state index in [-0.39, 0.29) is 0 Å². The molecule has 0 atom stereocenters. The molecular weight excluding hydrogens is 771 g/mol. The van der Waals surface area contributed by atoms with Crippen LogP contribution in [0.1, 0.15) is 0 Å². The molecule has 0 radical (unpaired) electrons. The van der Waals surface area contributed by atoms with Crippen LogP contribution in [0.3, 0.4) is 0 Å². The van der Waals surface area contributed by atoms with Crippen LogP contribution >= 0.6 is 0 Å². The van der Waals surface area contributed by atoms with Gasteiger partial charge in [-0.3, -0.25) is 0 Å². The predicted octanol–water partition coefficient (Wildman–Crippen LogP) is 13.5. The summed E-state index contributed by atoms with van der Waals surface area (Å²) in [6.07, 6.45) is 3.47. The van der Waals surface area contributed by atoms with E-state index in [2.05, 4.69) is 184 Å². The van der Waals surface area contributed by atoms with Gasteiger partial charge >= 0.3 is 0 Å². The molecule has 7 nitrogen and oxygen atoms in total. The highest BCUT2D eigenvalue weighted by Gasteiger charge is 2.15. The third-order valence-electron chi connectivity index (χ3n) is 11.7. The number of hydrogen-bond acceptors (Lipinski definition) is 6. The van der Waals surface area contributed by atoms with Gasteiger partial charge in [-0.15, -0.1) is 0 Å². The highest BCUT2D eigenvalue weighted by molar-refractivity contribution is 6.09. The Morgan fingerprint density at radius 2 is 0.778 bits per heavy atom. The summed E-state index contributed by atoms with van der Waals surface area (Å²) < 4.78 is 2.33. The van der Waals surface area contributed by atoms with E-state index in [0.29, 0.717) is 11.6 Å². The lowest BCUT2D eigenvalue weighted by molar-refractivity contribution is 1.15. The number of aromatic nitrogens is 7. The Morgan fingerprint density at radius 1 is 0.302 bits per heavy atom. The zero-order chi connectivity index (χ0) is 41.7. The fraction of sp³-hybridized carbons (Fsp3) is 0. The van der Waals surface area contributed by atoms with Crippen LogP contribution in [0.25, 0.3) is 117 Å². The van der Waals surface area contributed by atoms with Gasteiger partial charge in [-0.2, -0.15) is 0 Å². The minimum atomic E-state index is 0.608. The molecule has 0 spiro atoms. The van der Waals surface area contributed by atoms with Gasteiger partial charge in [0.15, 0.2) is 11.6 Å². The largest absolute Gasteiger partial charge is 0.309 e. The summed E-state index contributed by atoms with van der Waals surface area (Å²) in [7, 11) is 0. The summed E-state index contributed by atoms with van der Waals surface area (Å²) in [6, 6.07) is 69.5. The number of para-hydroxylation sites is 2.